The Hall–Kier alpha value is -0.690. The molecule has 0 radical (unpaired) electrons. The minimum absolute atomic E-state index is 0.0237. The zero-order valence-corrected chi connectivity index (χ0v) is 11.2. The highest BCUT2D eigenvalue weighted by atomic mass is 35.5. The van der Waals surface area contributed by atoms with Gasteiger partial charge in [0, 0.05) is 19.1 Å². The largest absolute Gasteiger partial charge is 0.327 e. The minimum atomic E-state index is -3.77. The van der Waals surface area contributed by atoms with E-state index in [1.807, 2.05) is 0 Å². The highest BCUT2D eigenvalue weighted by Crippen LogP contribution is 2.27. The first-order valence-electron chi connectivity index (χ1n) is 5.62. The van der Waals surface area contributed by atoms with Crippen LogP contribution in [-0.2, 0) is 10.0 Å². The predicted octanol–water partition coefficient (Wildman–Crippen LogP) is 1.59. The van der Waals surface area contributed by atoms with Crippen LogP contribution in [0.25, 0.3) is 0 Å². The summed E-state index contributed by atoms with van der Waals surface area (Å²) >= 11 is 5.83. The van der Waals surface area contributed by atoms with E-state index in [2.05, 4.69) is 0 Å². The minimum Gasteiger partial charge on any atom is -0.327 e. The Kier molecular flexibility index (Phi) is 3.91. The van der Waals surface area contributed by atoms with Gasteiger partial charge in [0.1, 0.15) is 10.7 Å². The van der Waals surface area contributed by atoms with E-state index in [0.717, 1.165) is 18.6 Å². The van der Waals surface area contributed by atoms with Crippen LogP contribution in [0.3, 0.4) is 0 Å². The lowest BCUT2D eigenvalue weighted by Gasteiger charge is -2.30. The lowest BCUT2D eigenvalue weighted by atomic mass is 10.1. The van der Waals surface area contributed by atoms with Crippen LogP contribution in [0.15, 0.2) is 23.1 Å². The SMILES string of the molecule is NC1CCCN(S(=O)(=O)c2cc(F)ccc2Cl)C1. The standard InChI is InChI=1S/C11H14ClFN2O2S/c12-10-4-3-8(13)6-11(10)18(16,17)15-5-1-2-9(14)7-15/h3-4,6,9H,1-2,5,7,14H2. The molecule has 100 valence electrons. The number of benzene rings is 1. The molecular weight excluding hydrogens is 279 g/mol. The molecule has 0 spiro atoms. The lowest BCUT2D eigenvalue weighted by Crippen LogP contribution is -2.45. The fourth-order valence-electron chi connectivity index (χ4n) is 2.01. The third-order valence-corrected chi connectivity index (χ3v) is 5.28. The average Bonchev–Trinajstić information content (AvgIpc) is 2.32. The molecular formula is C11H14ClFN2O2S. The molecule has 1 atom stereocenters. The van der Waals surface area contributed by atoms with Crippen molar-refractivity contribution in [2.75, 3.05) is 13.1 Å². The number of halogens is 2. The second-order valence-electron chi connectivity index (χ2n) is 4.34. The molecule has 1 unspecified atom stereocenters. The summed E-state index contributed by atoms with van der Waals surface area (Å²) in [4.78, 5) is -0.196. The van der Waals surface area contributed by atoms with Crippen molar-refractivity contribution >= 4 is 21.6 Å². The molecule has 1 saturated heterocycles. The van der Waals surface area contributed by atoms with Crippen LogP contribution in [0.2, 0.25) is 5.02 Å². The summed E-state index contributed by atoms with van der Waals surface area (Å²) in [5.74, 6) is -0.626. The molecule has 2 rings (SSSR count). The molecule has 0 aliphatic carbocycles. The Balaban J connectivity index is 2.38. The Labute approximate surface area is 111 Å². The molecule has 18 heavy (non-hydrogen) atoms. The quantitative estimate of drug-likeness (QED) is 0.900. The molecule has 0 saturated carbocycles. The highest BCUT2D eigenvalue weighted by molar-refractivity contribution is 7.89. The number of hydrogen-bond acceptors (Lipinski definition) is 3. The van der Waals surface area contributed by atoms with E-state index in [-0.39, 0.29) is 22.5 Å². The van der Waals surface area contributed by atoms with Gasteiger partial charge in [0.25, 0.3) is 0 Å². The van der Waals surface area contributed by atoms with Gasteiger partial charge in [-0.2, -0.15) is 4.31 Å². The summed E-state index contributed by atoms with van der Waals surface area (Å²) in [7, 11) is -3.77. The second-order valence-corrected chi connectivity index (χ2v) is 6.65. The lowest BCUT2D eigenvalue weighted by molar-refractivity contribution is 0.316. The van der Waals surface area contributed by atoms with Gasteiger partial charge in [0.05, 0.1) is 5.02 Å². The van der Waals surface area contributed by atoms with Gasteiger partial charge >= 0.3 is 0 Å². The van der Waals surface area contributed by atoms with Crippen molar-refractivity contribution in [3.8, 4) is 0 Å². The molecule has 1 aromatic rings. The van der Waals surface area contributed by atoms with Gasteiger partial charge in [-0.1, -0.05) is 11.6 Å². The second kappa shape index (κ2) is 5.13. The number of piperidine rings is 1. The van der Waals surface area contributed by atoms with Gasteiger partial charge < -0.3 is 5.73 Å². The normalized spacial score (nSPS) is 22.1. The van der Waals surface area contributed by atoms with Crippen LogP contribution in [-0.4, -0.2) is 31.9 Å². The van der Waals surface area contributed by atoms with E-state index < -0.39 is 15.8 Å². The summed E-state index contributed by atoms with van der Waals surface area (Å²) in [6.07, 6.45) is 1.50. The van der Waals surface area contributed by atoms with Crippen molar-refractivity contribution in [1.82, 2.24) is 4.31 Å². The van der Waals surface area contributed by atoms with Gasteiger partial charge in [-0.25, -0.2) is 12.8 Å². The van der Waals surface area contributed by atoms with Crippen molar-refractivity contribution in [2.24, 2.45) is 5.73 Å². The molecule has 1 aromatic carbocycles. The van der Waals surface area contributed by atoms with E-state index in [1.165, 1.54) is 10.4 Å². The molecule has 4 nitrogen and oxygen atoms in total. The number of sulfonamides is 1. The molecule has 2 N–H and O–H groups in total. The monoisotopic (exact) mass is 292 g/mol. The van der Waals surface area contributed by atoms with Crippen LogP contribution >= 0.6 is 11.6 Å². The number of rotatable bonds is 2. The topological polar surface area (TPSA) is 63.4 Å². The average molecular weight is 293 g/mol. The predicted molar refractivity (Wildman–Crippen MR) is 67.4 cm³/mol. The zero-order valence-electron chi connectivity index (χ0n) is 9.64. The molecule has 1 fully saturated rings. The fourth-order valence-corrected chi connectivity index (χ4v) is 4.03. The Morgan fingerprint density at radius 1 is 1.44 bits per heavy atom. The summed E-state index contributed by atoms with van der Waals surface area (Å²) < 4.78 is 39.1. The highest BCUT2D eigenvalue weighted by Gasteiger charge is 2.30. The van der Waals surface area contributed by atoms with Crippen LogP contribution in [0, 0.1) is 5.82 Å². The van der Waals surface area contributed by atoms with Gasteiger partial charge in [0.2, 0.25) is 10.0 Å². The van der Waals surface area contributed by atoms with Gasteiger partial charge in [0.15, 0.2) is 0 Å². The van der Waals surface area contributed by atoms with Gasteiger partial charge in [-0.05, 0) is 31.0 Å². The van der Waals surface area contributed by atoms with E-state index in [9.17, 15) is 12.8 Å². The molecule has 7 heteroatoms. The van der Waals surface area contributed by atoms with Crippen molar-refractivity contribution in [3.05, 3.63) is 29.0 Å². The first-order valence-corrected chi connectivity index (χ1v) is 7.44. The molecule has 0 bridgehead atoms. The summed E-state index contributed by atoms with van der Waals surface area (Å²) in [5.41, 5.74) is 5.75. The van der Waals surface area contributed by atoms with E-state index in [4.69, 9.17) is 17.3 Å². The van der Waals surface area contributed by atoms with Gasteiger partial charge in [-0.15, -0.1) is 0 Å². The molecule has 0 amide bonds. The fraction of sp³-hybridized carbons (Fsp3) is 0.455. The first kappa shape index (κ1) is 13.7. The van der Waals surface area contributed by atoms with Crippen molar-refractivity contribution < 1.29 is 12.8 Å². The van der Waals surface area contributed by atoms with E-state index in [0.29, 0.717) is 13.0 Å². The summed E-state index contributed by atoms with van der Waals surface area (Å²) in [6.45, 7) is 0.637. The Bertz CT molecular complexity index is 550. The van der Waals surface area contributed by atoms with E-state index in [1.54, 1.807) is 0 Å². The number of hydrogen-bond donors (Lipinski definition) is 1. The zero-order chi connectivity index (χ0) is 13.3. The maximum atomic E-state index is 13.2. The van der Waals surface area contributed by atoms with Crippen LogP contribution in [0.4, 0.5) is 4.39 Å². The molecule has 1 aliphatic rings. The van der Waals surface area contributed by atoms with Crippen LogP contribution in [0.1, 0.15) is 12.8 Å². The molecule has 1 heterocycles. The maximum Gasteiger partial charge on any atom is 0.244 e. The Morgan fingerprint density at radius 2 is 2.17 bits per heavy atom. The summed E-state index contributed by atoms with van der Waals surface area (Å²) in [6, 6.07) is 3.13. The van der Waals surface area contributed by atoms with Crippen molar-refractivity contribution in [2.45, 2.75) is 23.8 Å². The third kappa shape index (κ3) is 2.66. The van der Waals surface area contributed by atoms with Gasteiger partial charge in [-0.3, -0.25) is 0 Å². The molecule has 1 aliphatic heterocycles. The molecule has 0 aromatic heterocycles. The third-order valence-electron chi connectivity index (χ3n) is 2.93. The van der Waals surface area contributed by atoms with Crippen LogP contribution < -0.4 is 5.73 Å². The van der Waals surface area contributed by atoms with Crippen molar-refractivity contribution in [1.29, 1.82) is 0 Å². The van der Waals surface area contributed by atoms with Crippen molar-refractivity contribution in [3.63, 3.8) is 0 Å². The Morgan fingerprint density at radius 3 is 2.83 bits per heavy atom. The van der Waals surface area contributed by atoms with E-state index >= 15 is 0 Å². The number of nitrogens with two attached hydrogens (primary N) is 1. The smallest absolute Gasteiger partial charge is 0.244 e. The van der Waals surface area contributed by atoms with Crippen LogP contribution in [0.5, 0.6) is 0 Å². The number of nitrogens with zero attached hydrogens (tertiary/aromatic N) is 1. The summed E-state index contributed by atoms with van der Waals surface area (Å²) in [5, 5.41) is 0.0237. The first-order chi connectivity index (χ1) is 8.41. The maximum absolute atomic E-state index is 13.2.